The maximum atomic E-state index is 13.3. The van der Waals surface area contributed by atoms with Gasteiger partial charge in [0.25, 0.3) is 5.91 Å². The Morgan fingerprint density at radius 1 is 1.00 bits per heavy atom. The Balaban J connectivity index is 1.81. The Morgan fingerprint density at radius 2 is 1.75 bits per heavy atom. The molecule has 0 spiro atoms. The highest BCUT2D eigenvalue weighted by Gasteiger charge is 2.21. The van der Waals surface area contributed by atoms with Crippen molar-refractivity contribution in [2.75, 3.05) is 27.9 Å². The van der Waals surface area contributed by atoms with E-state index in [0.717, 1.165) is 11.3 Å². The Labute approximate surface area is 190 Å². The molecule has 1 aromatic heterocycles. The molecule has 0 N–H and O–H groups in total. The summed E-state index contributed by atoms with van der Waals surface area (Å²) in [5, 5.41) is 1.90. The third-order valence-corrected chi connectivity index (χ3v) is 5.21. The van der Waals surface area contributed by atoms with Gasteiger partial charge in [-0.1, -0.05) is 6.07 Å². The van der Waals surface area contributed by atoms with Crippen LogP contribution in [0.25, 0.3) is 0 Å². The minimum atomic E-state index is -0.524. The van der Waals surface area contributed by atoms with Gasteiger partial charge in [0, 0.05) is 23.6 Å². The second-order valence-electron chi connectivity index (χ2n) is 6.75. The number of hydrogen-bond acceptors (Lipinski definition) is 8. The lowest BCUT2D eigenvalue weighted by atomic mass is 10.1. The summed E-state index contributed by atoms with van der Waals surface area (Å²) in [6.45, 7) is 0.251. The van der Waals surface area contributed by atoms with Crippen LogP contribution in [0.5, 0.6) is 17.2 Å². The van der Waals surface area contributed by atoms with Crippen LogP contribution in [0.1, 0.15) is 21.6 Å². The van der Waals surface area contributed by atoms with Crippen LogP contribution in [0.2, 0.25) is 0 Å². The molecule has 0 aliphatic rings. The van der Waals surface area contributed by atoms with E-state index in [2.05, 4.69) is 4.98 Å². The first-order chi connectivity index (χ1) is 15.5. The first kappa shape index (κ1) is 23.1. The number of amides is 1. The number of thiazole rings is 1. The largest absolute Gasteiger partial charge is 0.497 e. The predicted octanol–water partition coefficient (Wildman–Crippen LogP) is 3.55. The van der Waals surface area contributed by atoms with Crippen molar-refractivity contribution >= 4 is 23.2 Å². The van der Waals surface area contributed by atoms with Gasteiger partial charge in [0.15, 0.2) is 0 Å². The van der Waals surface area contributed by atoms with Crippen molar-refractivity contribution in [1.82, 2.24) is 9.88 Å². The number of esters is 1. The van der Waals surface area contributed by atoms with Gasteiger partial charge in [-0.05, 0) is 35.9 Å². The molecular formula is C23H24N2O6S. The number of methoxy groups -OCH3 is 3. The van der Waals surface area contributed by atoms with Crippen LogP contribution in [0.15, 0.2) is 53.4 Å². The molecule has 168 valence electrons. The van der Waals surface area contributed by atoms with Crippen LogP contribution in [0.4, 0.5) is 0 Å². The molecule has 0 aliphatic heterocycles. The summed E-state index contributed by atoms with van der Waals surface area (Å²) in [7, 11) is 4.38. The molecule has 0 atom stereocenters. The molecular weight excluding hydrogens is 432 g/mol. The standard InChI is InChI=1S/C23H24N2O6S/c1-28-20-7-16(8-21(10-20)29-2)11-25(12-22(26)30-3)23(27)17-5-4-6-19(9-17)31-13-18-14-32-15-24-18/h4-10,14-15H,11-13H2,1-3H3. The van der Waals surface area contributed by atoms with E-state index in [1.54, 1.807) is 62.2 Å². The Kier molecular flexibility index (Phi) is 8.04. The monoisotopic (exact) mass is 456 g/mol. The Hall–Kier alpha value is -3.59. The van der Waals surface area contributed by atoms with Gasteiger partial charge in [-0.3, -0.25) is 9.59 Å². The molecule has 8 nitrogen and oxygen atoms in total. The molecule has 2 aromatic carbocycles. The third-order valence-electron chi connectivity index (χ3n) is 4.57. The van der Waals surface area contributed by atoms with Crippen molar-refractivity contribution in [3.05, 3.63) is 70.2 Å². The fourth-order valence-corrected chi connectivity index (χ4v) is 3.51. The van der Waals surface area contributed by atoms with Crippen molar-refractivity contribution in [3.63, 3.8) is 0 Å². The van der Waals surface area contributed by atoms with Crippen LogP contribution in [-0.4, -0.2) is 49.6 Å². The second kappa shape index (κ2) is 11.1. The van der Waals surface area contributed by atoms with E-state index in [1.165, 1.54) is 23.3 Å². The fourth-order valence-electron chi connectivity index (χ4n) is 2.97. The molecule has 3 rings (SSSR count). The van der Waals surface area contributed by atoms with Gasteiger partial charge in [-0.2, -0.15) is 0 Å². The summed E-state index contributed by atoms with van der Waals surface area (Å²) in [4.78, 5) is 30.9. The highest BCUT2D eigenvalue weighted by atomic mass is 32.1. The van der Waals surface area contributed by atoms with Crippen LogP contribution in [0.3, 0.4) is 0 Å². The lowest BCUT2D eigenvalue weighted by Crippen LogP contribution is -2.35. The van der Waals surface area contributed by atoms with Gasteiger partial charge < -0.3 is 23.8 Å². The van der Waals surface area contributed by atoms with Crippen molar-refractivity contribution in [2.45, 2.75) is 13.2 Å². The van der Waals surface area contributed by atoms with Crippen LogP contribution in [0, 0.1) is 0 Å². The van der Waals surface area contributed by atoms with E-state index < -0.39 is 5.97 Å². The Morgan fingerprint density at radius 3 is 2.38 bits per heavy atom. The zero-order valence-corrected chi connectivity index (χ0v) is 18.9. The summed E-state index contributed by atoms with van der Waals surface area (Å²) >= 11 is 1.49. The van der Waals surface area contributed by atoms with E-state index in [9.17, 15) is 9.59 Å². The van der Waals surface area contributed by atoms with Gasteiger partial charge in [0.1, 0.15) is 30.4 Å². The first-order valence-corrected chi connectivity index (χ1v) is 10.6. The van der Waals surface area contributed by atoms with Gasteiger partial charge in [-0.25, -0.2) is 4.98 Å². The molecule has 1 heterocycles. The second-order valence-corrected chi connectivity index (χ2v) is 7.47. The SMILES string of the molecule is COC(=O)CN(Cc1cc(OC)cc(OC)c1)C(=O)c1cccc(OCc2cscn2)c1. The zero-order valence-electron chi connectivity index (χ0n) is 18.1. The molecule has 0 aliphatic carbocycles. The summed E-state index contributed by atoms with van der Waals surface area (Å²) < 4.78 is 21.1. The van der Waals surface area contributed by atoms with E-state index in [0.29, 0.717) is 29.4 Å². The van der Waals surface area contributed by atoms with Gasteiger partial charge in [-0.15, -0.1) is 11.3 Å². The minimum Gasteiger partial charge on any atom is -0.497 e. The smallest absolute Gasteiger partial charge is 0.325 e. The normalized spacial score (nSPS) is 10.3. The Bertz CT molecular complexity index is 1030. The number of rotatable bonds is 10. The molecule has 3 aromatic rings. The highest BCUT2D eigenvalue weighted by Crippen LogP contribution is 2.24. The highest BCUT2D eigenvalue weighted by molar-refractivity contribution is 7.07. The number of carbonyl (C=O) groups is 2. The van der Waals surface area contributed by atoms with Crippen molar-refractivity contribution in [1.29, 1.82) is 0 Å². The average molecular weight is 457 g/mol. The van der Waals surface area contributed by atoms with E-state index in [4.69, 9.17) is 18.9 Å². The van der Waals surface area contributed by atoms with E-state index in [1.807, 2.05) is 5.38 Å². The molecule has 0 fully saturated rings. The first-order valence-electron chi connectivity index (χ1n) is 9.70. The maximum absolute atomic E-state index is 13.3. The number of benzene rings is 2. The minimum absolute atomic E-state index is 0.158. The number of nitrogens with zero attached hydrogens (tertiary/aromatic N) is 2. The van der Waals surface area contributed by atoms with Gasteiger partial charge in [0.05, 0.1) is 32.5 Å². The third kappa shape index (κ3) is 6.21. The molecule has 0 radical (unpaired) electrons. The zero-order chi connectivity index (χ0) is 22.9. The van der Waals surface area contributed by atoms with E-state index >= 15 is 0 Å². The molecule has 1 amide bonds. The lowest BCUT2D eigenvalue weighted by Gasteiger charge is -2.22. The van der Waals surface area contributed by atoms with Crippen molar-refractivity contribution < 1.29 is 28.5 Å². The quantitative estimate of drug-likeness (QED) is 0.431. The number of carbonyl (C=O) groups excluding carboxylic acids is 2. The summed E-state index contributed by atoms with van der Waals surface area (Å²) in [6.07, 6.45) is 0. The summed E-state index contributed by atoms with van der Waals surface area (Å²) in [6, 6.07) is 12.1. The predicted molar refractivity (Wildman–Crippen MR) is 119 cm³/mol. The van der Waals surface area contributed by atoms with Crippen molar-refractivity contribution in [3.8, 4) is 17.2 Å². The molecule has 0 bridgehead atoms. The molecule has 0 unspecified atom stereocenters. The number of hydrogen-bond donors (Lipinski definition) is 0. The van der Waals surface area contributed by atoms with Crippen LogP contribution >= 0.6 is 11.3 Å². The molecule has 9 heteroatoms. The molecule has 0 saturated carbocycles. The number of aromatic nitrogens is 1. The van der Waals surface area contributed by atoms with Crippen LogP contribution < -0.4 is 14.2 Å². The average Bonchev–Trinajstić information content (AvgIpc) is 3.35. The van der Waals surface area contributed by atoms with Gasteiger partial charge in [0.2, 0.25) is 0 Å². The number of ether oxygens (including phenoxy) is 4. The fraction of sp³-hybridized carbons (Fsp3) is 0.261. The molecule has 32 heavy (non-hydrogen) atoms. The van der Waals surface area contributed by atoms with Crippen LogP contribution in [-0.2, 0) is 22.7 Å². The van der Waals surface area contributed by atoms with E-state index in [-0.39, 0.29) is 19.0 Å². The maximum Gasteiger partial charge on any atom is 0.325 e. The molecule has 0 saturated heterocycles. The van der Waals surface area contributed by atoms with Gasteiger partial charge >= 0.3 is 5.97 Å². The topological polar surface area (TPSA) is 87.2 Å². The van der Waals surface area contributed by atoms with Crippen molar-refractivity contribution in [2.24, 2.45) is 0 Å². The lowest BCUT2D eigenvalue weighted by molar-refractivity contribution is -0.141. The summed E-state index contributed by atoms with van der Waals surface area (Å²) in [5.41, 5.74) is 3.68. The summed E-state index contributed by atoms with van der Waals surface area (Å²) in [5.74, 6) is 0.842.